The van der Waals surface area contributed by atoms with Crippen LogP contribution in [0.4, 0.5) is 5.69 Å². The molecule has 0 fully saturated rings. The lowest BCUT2D eigenvalue weighted by Crippen LogP contribution is -1.99. The molecule has 0 spiro atoms. The van der Waals surface area contributed by atoms with Gasteiger partial charge in [0.1, 0.15) is 5.75 Å². The van der Waals surface area contributed by atoms with Gasteiger partial charge in [0.25, 0.3) is 0 Å². The van der Waals surface area contributed by atoms with Crippen LogP contribution in [-0.4, -0.2) is 7.11 Å². The molecule has 0 atom stereocenters. The number of rotatable bonds is 6. The molecule has 0 saturated heterocycles. The van der Waals surface area contributed by atoms with Crippen LogP contribution in [-0.2, 0) is 13.0 Å². The van der Waals surface area contributed by atoms with Crippen molar-refractivity contribution in [1.82, 2.24) is 0 Å². The SMILES string of the molecule is CCCc1ccc(NCc2ccc(OC)c(Br)c2)cc1. The molecule has 0 saturated carbocycles. The number of halogens is 1. The molecule has 0 aliphatic rings. The minimum atomic E-state index is 0.801. The van der Waals surface area contributed by atoms with E-state index < -0.39 is 0 Å². The average Bonchev–Trinajstić information content (AvgIpc) is 2.47. The second kappa shape index (κ2) is 7.34. The highest BCUT2D eigenvalue weighted by atomic mass is 79.9. The second-order valence-corrected chi connectivity index (χ2v) is 5.62. The Labute approximate surface area is 129 Å². The molecule has 0 radical (unpaired) electrons. The normalized spacial score (nSPS) is 10.3. The van der Waals surface area contributed by atoms with E-state index in [-0.39, 0.29) is 0 Å². The van der Waals surface area contributed by atoms with Crippen LogP contribution in [0, 0.1) is 0 Å². The van der Waals surface area contributed by atoms with Crippen molar-refractivity contribution < 1.29 is 4.74 Å². The molecule has 2 aromatic carbocycles. The lowest BCUT2D eigenvalue weighted by atomic mass is 10.1. The molecule has 3 heteroatoms. The molecule has 0 unspecified atom stereocenters. The van der Waals surface area contributed by atoms with Crippen LogP contribution in [0.5, 0.6) is 5.75 Å². The standard InChI is InChI=1S/C17H20BrNO/c1-3-4-13-5-8-15(9-6-13)19-12-14-7-10-17(20-2)16(18)11-14/h5-11,19H,3-4,12H2,1-2H3. The quantitative estimate of drug-likeness (QED) is 0.801. The molecule has 0 aliphatic carbocycles. The predicted octanol–water partition coefficient (Wildman–Crippen LogP) is 5.02. The van der Waals surface area contributed by atoms with Gasteiger partial charge in [-0.3, -0.25) is 0 Å². The highest BCUT2D eigenvalue weighted by Crippen LogP contribution is 2.25. The van der Waals surface area contributed by atoms with Crippen LogP contribution in [0.2, 0.25) is 0 Å². The Morgan fingerprint density at radius 1 is 1.05 bits per heavy atom. The highest BCUT2D eigenvalue weighted by molar-refractivity contribution is 9.10. The number of nitrogens with one attached hydrogen (secondary N) is 1. The van der Waals surface area contributed by atoms with E-state index in [4.69, 9.17) is 4.74 Å². The maximum absolute atomic E-state index is 5.23. The third-order valence-electron chi connectivity index (χ3n) is 3.21. The lowest BCUT2D eigenvalue weighted by Gasteiger charge is -2.09. The Morgan fingerprint density at radius 2 is 1.75 bits per heavy atom. The fourth-order valence-electron chi connectivity index (χ4n) is 2.10. The average molecular weight is 334 g/mol. The van der Waals surface area contributed by atoms with E-state index in [0.717, 1.165) is 28.9 Å². The number of ether oxygens (including phenoxy) is 1. The van der Waals surface area contributed by atoms with Gasteiger partial charge in [-0.25, -0.2) is 0 Å². The van der Waals surface area contributed by atoms with Crippen LogP contribution in [0.3, 0.4) is 0 Å². The Bertz CT molecular complexity index is 551. The minimum Gasteiger partial charge on any atom is -0.496 e. The number of hydrogen-bond donors (Lipinski definition) is 1. The summed E-state index contributed by atoms with van der Waals surface area (Å²) < 4.78 is 6.22. The minimum absolute atomic E-state index is 0.801. The Balaban J connectivity index is 1.96. The third kappa shape index (κ3) is 4.01. The topological polar surface area (TPSA) is 21.3 Å². The number of benzene rings is 2. The molecule has 0 amide bonds. The summed E-state index contributed by atoms with van der Waals surface area (Å²) in [7, 11) is 1.68. The monoisotopic (exact) mass is 333 g/mol. The van der Waals surface area contributed by atoms with Crippen molar-refractivity contribution >= 4 is 21.6 Å². The second-order valence-electron chi connectivity index (χ2n) is 4.77. The summed E-state index contributed by atoms with van der Waals surface area (Å²) in [5.74, 6) is 0.859. The fourth-order valence-corrected chi connectivity index (χ4v) is 2.69. The van der Waals surface area contributed by atoms with Gasteiger partial charge in [0.2, 0.25) is 0 Å². The first-order chi connectivity index (χ1) is 9.72. The van der Waals surface area contributed by atoms with Gasteiger partial charge in [0.15, 0.2) is 0 Å². The maximum atomic E-state index is 5.23. The molecule has 2 aromatic rings. The Morgan fingerprint density at radius 3 is 2.35 bits per heavy atom. The van der Waals surface area contributed by atoms with Gasteiger partial charge in [-0.15, -0.1) is 0 Å². The lowest BCUT2D eigenvalue weighted by molar-refractivity contribution is 0.412. The van der Waals surface area contributed by atoms with Crippen LogP contribution in [0.15, 0.2) is 46.9 Å². The molecule has 20 heavy (non-hydrogen) atoms. The molecule has 0 bridgehead atoms. The number of hydrogen-bond acceptors (Lipinski definition) is 2. The zero-order valence-electron chi connectivity index (χ0n) is 11.9. The number of aryl methyl sites for hydroxylation is 1. The summed E-state index contributed by atoms with van der Waals surface area (Å²) in [6.45, 7) is 3.00. The number of methoxy groups -OCH3 is 1. The predicted molar refractivity (Wildman–Crippen MR) is 88.5 cm³/mol. The van der Waals surface area contributed by atoms with Crippen LogP contribution in [0.1, 0.15) is 24.5 Å². The first kappa shape index (κ1) is 14.9. The van der Waals surface area contributed by atoms with E-state index in [1.807, 2.05) is 6.07 Å². The van der Waals surface area contributed by atoms with Crippen molar-refractivity contribution in [2.45, 2.75) is 26.3 Å². The van der Waals surface area contributed by atoms with Crippen molar-refractivity contribution in [2.24, 2.45) is 0 Å². The molecule has 106 valence electrons. The zero-order valence-corrected chi connectivity index (χ0v) is 13.5. The van der Waals surface area contributed by atoms with E-state index in [2.05, 4.69) is 64.6 Å². The van der Waals surface area contributed by atoms with E-state index in [1.54, 1.807) is 7.11 Å². The summed E-state index contributed by atoms with van der Waals surface area (Å²) in [4.78, 5) is 0. The van der Waals surface area contributed by atoms with Crippen LogP contribution in [0.25, 0.3) is 0 Å². The van der Waals surface area contributed by atoms with Crippen LogP contribution < -0.4 is 10.1 Å². The Hall–Kier alpha value is -1.48. The molecule has 2 nitrogen and oxygen atoms in total. The van der Waals surface area contributed by atoms with Crippen molar-refractivity contribution in [3.8, 4) is 5.75 Å². The molecular formula is C17H20BrNO. The van der Waals surface area contributed by atoms with Crippen molar-refractivity contribution in [3.63, 3.8) is 0 Å². The number of anilines is 1. The first-order valence-corrected chi connectivity index (χ1v) is 7.67. The van der Waals surface area contributed by atoms with Gasteiger partial charge in [0, 0.05) is 12.2 Å². The molecule has 0 heterocycles. The van der Waals surface area contributed by atoms with Gasteiger partial charge >= 0.3 is 0 Å². The van der Waals surface area contributed by atoms with Gasteiger partial charge in [-0.1, -0.05) is 31.5 Å². The van der Waals surface area contributed by atoms with E-state index in [0.29, 0.717) is 0 Å². The van der Waals surface area contributed by atoms with Crippen molar-refractivity contribution in [3.05, 3.63) is 58.1 Å². The summed E-state index contributed by atoms with van der Waals surface area (Å²) in [6, 6.07) is 14.8. The summed E-state index contributed by atoms with van der Waals surface area (Å²) in [5, 5.41) is 3.43. The molecule has 1 N–H and O–H groups in total. The molecule has 2 rings (SSSR count). The molecule has 0 aromatic heterocycles. The van der Waals surface area contributed by atoms with Gasteiger partial charge in [0.05, 0.1) is 11.6 Å². The van der Waals surface area contributed by atoms with E-state index >= 15 is 0 Å². The van der Waals surface area contributed by atoms with E-state index in [1.165, 1.54) is 17.5 Å². The van der Waals surface area contributed by atoms with Crippen molar-refractivity contribution in [1.29, 1.82) is 0 Å². The maximum Gasteiger partial charge on any atom is 0.133 e. The van der Waals surface area contributed by atoms with Gasteiger partial charge in [-0.05, 0) is 57.7 Å². The molecule has 0 aliphatic heterocycles. The van der Waals surface area contributed by atoms with Gasteiger partial charge in [-0.2, -0.15) is 0 Å². The van der Waals surface area contributed by atoms with Gasteiger partial charge < -0.3 is 10.1 Å². The zero-order chi connectivity index (χ0) is 14.4. The summed E-state index contributed by atoms with van der Waals surface area (Å²) >= 11 is 3.51. The van der Waals surface area contributed by atoms with Crippen LogP contribution >= 0.6 is 15.9 Å². The Kier molecular flexibility index (Phi) is 5.48. The molecular weight excluding hydrogens is 314 g/mol. The van der Waals surface area contributed by atoms with Crippen molar-refractivity contribution in [2.75, 3.05) is 12.4 Å². The summed E-state index contributed by atoms with van der Waals surface area (Å²) in [5.41, 5.74) is 3.76. The third-order valence-corrected chi connectivity index (χ3v) is 3.83. The fraction of sp³-hybridized carbons (Fsp3) is 0.294. The summed E-state index contributed by atoms with van der Waals surface area (Å²) in [6.07, 6.45) is 2.33. The highest BCUT2D eigenvalue weighted by Gasteiger charge is 2.01. The van der Waals surface area contributed by atoms with E-state index in [9.17, 15) is 0 Å². The first-order valence-electron chi connectivity index (χ1n) is 6.88. The smallest absolute Gasteiger partial charge is 0.133 e. The largest absolute Gasteiger partial charge is 0.496 e.